The molecule has 0 bridgehead atoms. The monoisotopic (exact) mass is 965 g/mol. The highest BCUT2D eigenvalue weighted by Crippen LogP contribution is 2.46. The molecule has 1 unspecified atom stereocenters. The zero-order valence-electron chi connectivity index (χ0n) is 42.9. The van der Waals surface area contributed by atoms with Crippen molar-refractivity contribution in [2.45, 2.75) is 188 Å². The maximum absolute atomic E-state index is 15.6. The molecule has 6 aromatic rings. The maximum Gasteiger partial charge on any atom is 0.293 e. The molecule has 376 valence electrons. The predicted octanol–water partition coefficient (Wildman–Crippen LogP) is 9.64. The smallest absolute Gasteiger partial charge is 0.293 e. The minimum Gasteiger partial charge on any atom is -0.402 e. The Kier molecular flexibility index (Phi) is 11.9. The number of Topliss-reactive ketones (excluding diaryl/α,β-unsaturated/α-hetero) is 1. The molecule has 4 aromatic heterocycles. The van der Waals surface area contributed by atoms with E-state index in [-0.39, 0.29) is 57.9 Å². The number of aliphatic hydroxyl groups is 2. The summed E-state index contributed by atoms with van der Waals surface area (Å²) in [5.74, 6) is 0.684. The normalized spacial score (nSPS) is 24.0. The van der Waals surface area contributed by atoms with Crippen LogP contribution in [0.25, 0.3) is 32.9 Å². The Bertz CT molecular complexity index is 3210. The van der Waals surface area contributed by atoms with Crippen LogP contribution in [-0.4, -0.2) is 69.6 Å². The van der Waals surface area contributed by atoms with Gasteiger partial charge in [-0.25, -0.2) is 9.36 Å². The molecule has 5 N–H and O–H groups in total. The number of carbonyl (C=O) groups is 1. The van der Waals surface area contributed by atoms with Crippen LogP contribution in [0, 0.1) is 30.6 Å². The summed E-state index contributed by atoms with van der Waals surface area (Å²) in [6.45, 7) is 17.0. The van der Waals surface area contributed by atoms with Gasteiger partial charge in [-0.15, -0.1) is 4.73 Å². The number of pyridine rings is 2. The van der Waals surface area contributed by atoms with E-state index in [9.17, 15) is 19.8 Å². The number of aromatic nitrogens is 6. The van der Waals surface area contributed by atoms with Gasteiger partial charge >= 0.3 is 0 Å². The minimum atomic E-state index is -0.505. The standard InChI is InChI=1S/C57H72N8O6/c1-30(2)19-40-22-34-20-38(63-46-26-56(5,6)28-48(68)50(46)31(3)61-63)25-45(59-37-13-17-42(67)18-14-37)53(34)55(70)65(40)71-49-29-57(7,8)27-47-51(49)32(4)62-64(47)39-21-35-23-43(33-9-10-33)60-54(69)52(35)44(24-39)58-36-11-15-41(66)16-12-36/h20-25,30,33,36-37,41-42,49,58-59,66-67H,9-19,26-29H2,1-8H3,(H,60,69). The van der Waals surface area contributed by atoms with E-state index < -0.39 is 6.10 Å². The van der Waals surface area contributed by atoms with Gasteiger partial charge < -0.3 is 30.7 Å². The average molecular weight is 965 g/mol. The van der Waals surface area contributed by atoms with E-state index in [1.807, 2.05) is 35.3 Å². The molecule has 0 radical (unpaired) electrons. The van der Waals surface area contributed by atoms with Gasteiger partial charge in [0.15, 0.2) is 11.9 Å². The highest BCUT2D eigenvalue weighted by Gasteiger charge is 2.40. The molecule has 0 saturated heterocycles. The highest BCUT2D eigenvalue weighted by atomic mass is 16.7. The maximum atomic E-state index is 15.6. The fourth-order valence-corrected chi connectivity index (χ4v) is 12.6. The number of anilines is 2. The number of H-pyrrole nitrogens is 1. The lowest BCUT2D eigenvalue weighted by molar-refractivity contribution is -0.00878. The average Bonchev–Trinajstić information content (AvgIpc) is 4.02. The molecule has 1 atom stereocenters. The Hall–Kier alpha value is -5.73. The van der Waals surface area contributed by atoms with Crippen molar-refractivity contribution in [1.82, 2.24) is 29.3 Å². The first kappa shape index (κ1) is 47.6. The molecule has 14 heteroatoms. The van der Waals surface area contributed by atoms with Gasteiger partial charge in [-0.2, -0.15) is 10.2 Å². The molecular formula is C57H72N8O6. The van der Waals surface area contributed by atoms with Gasteiger partial charge in [0.25, 0.3) is 11.1 Å². The summed E-state index contributed by atoms with van der Waals surface area (Å²) in [6, 6.07) is 12.6. The number of nitrogens with one attached hydrogen (secondary N) is 3. The van der Waals surface area contributed by atoms with Crippen LogP contribution < -0.4 is 26.6 Å². The zero-order chi connectivity index (χ0) is 49.8. The van der Waals surface area contributed by atoms with Crippen molar-refractivity contribution < 1.29 is 19.8 Å². The molecule has 0 spiro atoms. The number of fused-ring (bicyclic) bond motifs is 4. The number of benzene rings is 2. The van der Waals surface area contributed by atoms with Gasteiger partial charge in [0, 0.05) is 35.4 Å². The fraction of sp³-hybridized carbons (Fsp3) is 0.561. The van der Waals surface area contributed by atoms with Crippen molar-refractivity contribution in [3.05, 3.63) is 102 Å². The first-order valence-corrected chi connectivity index (χ1v) is 26.5. The van der Waals surface area contributed by atoms with Gasteiger partial charge in [-0.1, -0.05) is 41.5 Å². The molecule has 5 aliphatic carbocycles. The van der Waals surface area contributed by atoms with E-state index >= 15 is 4.79 Å². The van der Waals surface area contributed by atoms with Crippen LogP contribution in [0.5, 0.6) is 0 Å². The second kappa shape index (κ2) is 17.8. The molecule has 14 nitrogen and oxygen atoms in total. The third-order valence-electron chi connectivity index (χ3n) is 16.2. The van der Waals surface area contributed by atoms with Crippen LogP contribution in [0.15, 0.2) is 46.0 Å². The lowest BCUT2D eigenvalue weighted by Gasteiger charge is -2.36. The highest BCUT2D eigenvalue weighted by molar-refractivity contribution is 6.00. The lowest BCUT2D eigenvalue weighted by Crippen LogP contribution is -2.38. The Morgan fingerprint density at radius 1 is 0.704 bits per heavy atom. The summed E-state index contributed by atoms with van der Waals surface area (Å²) in [7, 11) is 0. The van der Waals surface area contributed by atoms with Crippen molar-refractivity contribution in [1.29, 1.82) is 0 Å². The zero-order valence-corrected chi connectivity index (χ0v) is 42.9. The predicted molar refractivity (Wildman–Crippen MR) is 279 cm³/mol. The molecular weight excluding hydrogens is 893 g/mol. The Morgan fingerprint density at radius 3 is 1.87 bits per heavy atom. The second-order valence-corrected chi connectivity index (χ2v) is 24.1. The third-order valence-corrected chi connectivity index (χ3v) is 16.2. The first-order chi connectivity index (χ1) is 33.8. The van der Waals surface area contributed by atoms with E-state index in [0.717, 1.165) is 120 Å². The van der Waals surface area contributed by atoms with Gasteiger partial charge in [0.05, 0.1) is 74.1 Å². The van der Waals surface area contributed by atoms with Crippen LogP contribution in [0.4, 0.5) is 11.4 Å². The third kappa shape index (κ3) is 9.12. The number of rotatable bonds is 11. The molecule has 71 heavy (non-hydrogen) atoms. The minimum absolute atomic E-state index is 0.0463. The van der Waals surface area contributed by atoms with Crippen molar-refractivity contribution in [3.8, 4) is 11.4 Å². The van der Waals surface area contributed by atoms with Crippen molar-refractivity contribution in [2.75, 3.05) is 10.6 Å². The topological polar surface area (TPSA) is 181 Å². The Morgan fingerprint density at radius 2 is 1.27 bits per heavy atom. The fourth-order valence-electron chi connectivity index (χ4n) is 12.6. The number of nitrogens with zero attached hydrogens (tertiary/aromatic N) is 5. The molecule has 4 heterocycles. The van der Waals surface area contributed by atoms with Gasteiger partial charge in [0.1, 0.15) is 0 Å². The van der Waals surface area contributed by atoms with Crippen molar-refractivity contribution >= 4 is 38.7 Å². The number of hydrogen-bond acceptors (Lipinski definition) is 10. The lowest BCUT2D eigenvalue weighted by atomic mass is 9.75. The summed E-state index contributed by atoms with van der Waals surface area (Å²) < 4.78 is 5.54. The summed E-state index contributed by atoms with van der Waals surface area (Å²) in [5.41, 5.74) is 9.18. The van der Waals surface area contributed by atoms with Gasteiger partial charge in [-0.05, 0) is 174 Å². The molecule has 11 rings (SSSR count). The SMILES string of the molecule is Cc1nn(-c2cc(NC3CCC(O)CC3)c3c(=O)n(OC4CC(C)(C)Cc5c4c(C)nn5-c4cc(NC5CCC(O)CC5)c5c(=O)[nH]c(C6CC6)cc5c4)c(CC(C)C)cc3c2)c2c1C(=O)CC(C)(C)C2. The summed E-state index contributed by atoms with van der Waals surface area (Å²) in [6.07, 6.45) is 10.1. The molecule has 0 aliphatic heterocycles. The number of hydrogen-bond donors (Lipinski definition) is 5. The van der Waals surface area contributed by atoms with E-state index in [0.29, 0.717) is 72.2 Å². The number of aromatic amines is 1. The van der Waals surface area contributed by atoms with Gasteiger partial charge in [-0.3, -0.25) is 14.4 Å². The summed E-state index contributed by atoms with van der Waals surface area (Å²) >= 11 is 0. The van der Waals surface area contributed by atoms with E-state index in [2.05, 4.69) is 81.4 Å². The van der Waals surface area contributed by atoms with Crippen LogP contribution >= 0.6 is 0 Å². The van der Waals surface area contributed by atoms with Gasteiger partial charge in [0.2, 0.25) is 0 Å². The van der Waals surface area contributed by atoms with Crippen LogP contribution in [0.2, 0.25) is 0 Å². The number of aryl methyl sites for hydroxylation is 2. The molecule has 5 aliphatic rings. The van der Waals surface area contributed by atoms with E-state index in [1.54, 1.807) is 4.73 Å². The van der Waals surface area contributed by atoms with E-state index in [1.165, 1.54) is 0 Å². The van der Waals surface area contributed by atoms with Crippen molar-refractivity contribution in [2.24, 2.45) is 16.7 Å². The number of ketones is 1. The molecule has 2 aromatic carbocycles. The second-order valence-electron chi connectivity index (χ2n) is 24.1. The quantitative estimate of drug-likeness (QED) is 0.0839. The number of aliphatic hydroxyl groups excluding tert-OH is 2. The van der Waals surface area contributed by atoms with E-state index in [4.69, 9.17) is 15.0 Å². The van der Waals surface area contributed by atoms with Crippen LogP contribution in [0.3, 0.4) is 0 Å². The van der Waals surface area contributed by atoms with Crippen LogP contribution in [-0.2, 0) is 19.3 Å². The Labute approximate surface area is 415 Å². The molecule has 0 amide bonds. The summed E-state index contributed by atoms with van der Waals surface area (Å²) in [5, 5.41) is 41.4. The van der Waals surface area contributed by atoms with Crippen molar-refractivity contribution in [3.63, 3.8) is 0 Å². The number of carbonyl (C=O) groups excluding carboxylic acids is 1. The molecule has 3 saturated carbocycles. The Balaban J connectivity index is 1.03. The first-order valence-electron chi connectivity index (χ1n) is 26.5. The molecule has 3 fully saturated rings. The summed E-state index contributed by atoms with van der Waals surface area (Å²) in [4.78, 5) is 53.5. The van der Waals surface area contributed by atoms with Crippen LogP contribution in [0.1, 0.15) is 181 Å². The largest absolute Gasteiger partial charge is 0.402 e.